The molecule has 0 bridgehead atoms. The van der Waals surface area contributed by atoms with Gasteiger partial charge in [0, 0.05) is 0 Å². The maximum atomic E-state index is 11.8. The van der Waals surface area contributed by atoms with Crippen molar-refractivity contribution in [3.63, 3.8) is 0 Å². The number of hydrogen-bond acceptors (Lipinski definition) is 3. The molecule has 0 unspecified atom stereocenters. The van der Waals surface area contributed by atoms with Crippen molar-refractivity contribution in [2.24, 2.45) is 0 Å². The Morgan fingerprint density at radius 2 is 1.12 bits per heavy atom. The van der Waals surface area contributed by atoms with Gasteiger partial charge >= 0.3 is 5.97 Å². The Bertz CT molecular complexity index is 621. The highest BCUT2D eigenvalue weighted by molar-refractivity contribution is 8.01. The van der Waals surface area contributed by atoms with Crippen LogP contribution in [0.4, 0.5) is 0 Å². The largest absolute Gasteiger partial charge is 0.465 e. The van der Waals surface area contributed by atoms with Crippen molar-refractivity contribution in [2.45, 2.75) is 90.2 Å². The van der Waals surface area contributed by atoms with E-state index in [1.807, 2.05) is 20.8 Å². The molecule has 0 heterocycles. The van der Waals surface area contributed by atoms with Crippen molar-refractivity contribution >= 4 is 17.7 Å². The Hall–Kier alpha value is -1.74. The zero-order valence-corrected chi connectivity index (χ0v) is 21.7. The number of hydrogen-bond donors (Lipinski definition) is 0. The number of carbonyl (C=O) groups is 1. The lowest BCUT2D eigenvalue weighted by Gasteiger charge is -2.21. The maximum Gasteiger partial charge on any atom is 0.321 e. The molecule has 0 rings (SSSR count). The first-order valence-corrected chi connectivity index (χ1v) is 13.2. The summed E-state index contributed by atoms with van der Waals surface area (Å²) in [6, 6.07) is 0. The summed E-state index contributed by atoms with van der Waals surface area (Å²) in [5, 5.41) is 0. The van der Waals surface area contributed by atoms with Crippen LogP contribution in [0.25, 0.3) is 0 Å². The Morgan fingerprint density at radius 3 is 1.56 bits per heavy atom. The monoisotopic (exact) mass is 458 g/mol. The van der Waals surface area contributed by atoms with Gasteiger partial charge < -0.3 is 4.74 Å². The Morgan fingerprint density at radius 1 is 0.688 bits per heavy atom. The molecule has 0 aliphatic rings. The molecule has 0 fully saturated rings. The van der Waals surface area contributed by atoms with Gasteiger partial charge in [-0.2, -0.15) is 0 Å². The highest BCUT2D eigenvalue weighted by Crippen LogP contribution is 2.27. The van der Waals surface area contributed by atoms with Crippen LogP contribution in [-0.2, 0) is 9.53 Å². The lowest BCUT2D eigenvalue weighted by atomic mass is 10.2. The van der Waals surface area contributed by atoms with Crippen LogP contribution in [0.15, 0.2) is 72.9 Å². The number of carbonyl (C=O) groups excluding carboxylic acids is 1. The van der Waals surface area contributed by atoms with Gasteiger partial charge in [-0.15, -0.1) is 11.8 Å². The van der Waals surface area contributed by atoms with Gasteiger partial charge in [0.05, 0.1) is 6.61 Å². The second-order valence-electron chi connectivity index (χ2n) is 7.99. The molecule has 32 heavy (non-hydrogen) atoms. The smallest absolute Gasteiger partial charge is 0.321 e. The van der Waals surface area contributed by atoms with Crippen LogP contribution >= 0.6 is 11.8 Å². The number of allylic oxidation sites excluding steroid dienone is 12. The number of unbranched alkanes of at least 4 members (excludes halogenated alkanes) is 2. The Labute approximate surface area is 202 Å². The van der Waals surface area contributed by atoms with E-state index in [-0.39, 0.29) is 5.97 Å². The van der Waals surface area contributed by atoms with Crippen LogP contribution in [0.2, 0.25) is 0 Å². The van der Waals surface area contributed by atoms with E-state index in [0.29, 0.717) is 6.61 Å². The van der Waals surface area contributed by atoms with E-state index in [0.717, 1.165) is 63.5 Å². The molecule has 0 atom stereocenters. The van der Waals surface area contributed by atoms with Crippen molar-refractivity contribution in [3.05, 3.63) is 72.9 Å². The molecule has 0 amide bonds. The minimum absolute atomic E-state index is 0.109. The summed E-state index contributed by atoms with van der Waals surface area (Å²) in [6.07, 6.45) is 36.3. The van der Waals surface area contributed by atoms with Gasteiger partial charge in [0.1, 0.15) is 4.75 Å². The first-order valence-electron chi connectivity index (χ1n) is 12.3. The van der Waals surface area contributed by atoms with Gasteiger partial charge in [-0.3, -0.25) is 4.79 Å². The van der Waals surface area contributed by atoms with E-state index in [9.17, 15) is 4.79 Å². The third kappa shape index (κ3) is 20.2. The lowest BCUT2D eigenvalue weighted by Crippen LogP contribution is -2.30. The molecule has 0 radical (unpaired) electrons. The van der Waals surface area contributed by atoms with Crippen LogP contribution in [-0.4, -0.2) is 23.1 Å². The zero-order chi connectivity index (χ0) is 23.8. The highest BCUT2D eigenvalue weighted by Gasteiger charge is 2.29. The number of esters is 1. The van der Waals surface area contributed by atoms with E-state index in [1.54, 1.807) is 11.8 Å². The van der Waals surface area contributed by atoms with Crippen molar-refractivity contribution in [2.75, 3.05) is 12.4 Å². The average molecular weight is 459 g/mol. The van der Waals surface area contributed by atoms with E-state index in [2.05, 4.69) is 79.8 Å². The molecule has 0 saturated heterocycles. The average Bonchev–Trinajstić information content (AvgIpc) is 2.77. The van der Waals surface area contributed by atoms with Gasteiger partial charge in [0.25, 0.3) is 0 Å². The molecule has 2 nitrogen and oxygen atoms in total. The van der Waals surface area contributed by atoms with Crippen LogP contribution in [0.5, 0.6) is 0 Å². The molecular weight excluding hydrogens is 412 g/mol. The molecule has 0 N–H and O–H groups in total. The third-order valence-electron chi connectivity index (χ3n) is 4.59. The normalized spacial score (nSPS) is 13.2. The van der Waals surface area contributed by atoms with Crippen LogP contribution in [0.1, 0.15) is 85.5 Å². The fraction of sp³-hybridized carbons (Fsp3) is 0.552. The SMILES string of the molecule is CCC=CCC=CCC=CCC=CCC=CCC=CCCCCSC(C)(C)C(=O)OCC. The van der Waals surface area contributed by atoms with Crippen molar-refractivity contribution in [1.82, 2.24) is 0 Å². The zero-order valence-electron chi connectivity index (χ0n) is 20.9. The molecule has 3 heteroatoms. The molecule has 0 aromatic heterocycles. The Balaban J connectivity index is 3.62. The predicted octanol–water partition coefficient (Wildman–Crippen LogP) is 8.93. The highest BCUT2D eigenvalue weighted by atomic mass is 32.2. The summed E-state index contributed by atoms with van der Waals surface area (Å²) in [7, 11) is 0. The van der Waals surface area contributed by atoms with E-state index in [1.165, 1.54) is 0 Å². The summed E-state index contributed by atoms with van der Waals surface area (Å²) in [5.74, 6) is 0.885. The number of thioether (sulfide) groups is 1. The lowest BCUT2D eigenvalue weighted by molar-refractivity contribution is -0.145. The van der Waals surface area contributed by atoms with E-state index in [4.69, 9.17) is 4.74 Å². The van der Waals surface area contributed by atoms with Gasteiger partial charge in [-0.25, -0.2) is 0 Å². The van der Waals surface area contributed by atoms with Gasteiger partial charge in [-0.05, 0) is 84.3 Å². The van der Waals surface area contributed by atoms with Crippen LogP contribution < -0.4 is 0 Å². The topological polar surface area (TPSA) is 26.3 Å². The Kier molecular flexibility index (Phi) is 21.2. The summed E-state index contributed by atoms with van der Waals surface area (Å²) in [4.78, 5) is 11.8. The van der Waals surface area contributed by atoms with Gasteiger partial charge in [-0.1, -0.05) is 79.8 Å². The van der Waals surface area contributed by atoms with Crippen molar-refractivity contribution in [1.29, 1.82) is 0 Å². The second-order valence-corrected chi connectivity index (χ2v) is 9.71. The summed E-state index contributed by atoms with van der Waals surface area (Å²) in [5.41, 5.74) is 0. The summed E-state index contributed by atoms with van der Waals surface area (Å²) < 4.78 is 4.68. The first kappa shape index (κ1) is 30.3. The summed E-state index contributed by atoms with van der Waals surface area (Å²) in [6.45, 7) is 8.35. The van der Waals surface area contributed by atoms with Crippen molar-refractivity contribution in [3.8, 4) is 0 Å². The molecular formula is C29H46O2S. The molecule has 0 aromatic carbocycles. The maximum absolute atomic E-state index is 11.8. The third-order valence-corrected chi connectivity index (χ3v) is 5.97. The molecule has 0 saturated carbocycles. The fourth-order valence-corrected chi connectivity index (χ4v) is 3.73. The summed E-state index contributed by atoms with van der Waals surface area (Å²) >= 11 is 1.69. The van der Waals surface area contributed by atoms with Crippen LogP contribution in [0, 0.1) is 0 Å². The number of ether oxygens (including phenoxy) is 1. The standard InChI is InChI=1S/C29H46O2S/c1-5-7-8-9-10-11-12-13-14-15-16-17-18-19-20-21-22-23-24-25-26-27-32-29(3,4)28(30)31-6-2/h7-8,10-11,13-14,16-17,19-20,22-23H,5-6,9,12,15,18,21,24-27H2,1-4H3. The molecule has 180 valence electrons. The minimum Gasteiger partial charge on any atom is -0.465 e. The molecule has 0 aliphatic carbocycles. The van der Waals surface area contributed by atoms with Gasteiger partial charge in [0.15, 0.2) is 0 Å². The van der Waals surface area contributed by atoms with E-state index >= 15 is 0 Å². The van der Waals surface area contributed by atoms with Gasteiger partial charge in [0.2, 0.25) is 0 Å². The van der Waals surface area contributed by atoms with E-state index < -0.39 is 4.75 Å². The second kappa shape index (κ2) is 22.5. The minimum atomic E-state index is -0.440. The molecule has 0 spiro atoms. The first-order chi connectivity index (χ1) is 15.5. The number of rotatable bonds is 19. The molecule has 0 aromatic rings. The van der Waals surface area contributed by atoms with Crippen molar-refractivity contribution < 1.29 is 9.53 Å². The molecule has 0 aliphatic heterocycles. The predicted molar refractivity (Wildman–Crippen MR) is 145 cm³/mol. The fourth-order valence-electron chi connectivity index (χ4n) is 2.70. The van der Waals surface area contributed by atoms with Crippen LogP contribution in [0.3, 0.4) is 0 Å². The quantitative estimate of drug-likeness (QED) is 0.110.